The lowest BCUT2D eigenvalue weighted by Gasteiger charge is -1.95. The summed E-state index contributed by atoms with van der Waals surface area (Å²) >= 11 is 3.16. The van der Waals surface area contributed by atoms with Gasteiger partial charge in [-0.2, -0.15) is 0 Å². The van der Waals surface area contributed by atoms with Gasteiger partial charge in [0.1, 0.15) is 0 Å². The summed E-state index contributed by atoms with van der Waals surface area (Å²) in [6.07, 6.45) is 0.519. The molecule has 0 rings (SSSR count). The topological polar surface area (TPSA) is 29.1 Å². The highest BCUT2D eigenvalue weighted by Gasteiger charge is 1.94. The fraction of sp³-hybridized carbons (Fsp3) is 0.571. The van der Waals surface area contributed by atoms with Crippen LogP contribution in [-0.2, 0) is 4.79 Å². The molecule has 0 heterocycles. The highest BCUT2D eigenvalue weighted by atomic mass is 79.9. The standard InChI is InChI=1S/C7H10BrNO/c1-2-3-6-9-7(10)4-5-8/h4-6H2,1H3,(H,9,10). The Morgan fingerprint density at radius 2 is 2.40 bits per heavy atom. The Kier molecular flexibility index (Phi) is 6.30. The lowest BCUT2D eigenvalue weighted by atomic mass is 10.4. The van der Waals surface area contributed by atoms with Crippen molar-refractivity contribution in [2.24, 2.45) is 0 Å². The van der Waals surface area contributed by atoms with Crippen LogP contribution in [0.1, 0.15) is 13.3 Å². The summed E-state index contributed by atoms with van der Waals surface area (Å²) in [5, 5.41) is 3.35. The SMILES string of the molecule is CC#CCNC(=O)CCBr. The molecular weight excluding hydrogens is 194 g/mol. The first-order chi connectivity index (χ1) is 4.81. The van der Waals surface area contributed by atoms with Crippen LogP contribution in [0.3, 0.4) is 0 Å². The molecule has 0 atom stereocenters. The van der Waals surface area contributed by atoms with Crippen molar-refractivity contribution in [1.82, 2.24) is 5.32 Å². The maximum Gasteiger partial charge on any atom is 0.221 e. The van der Waals surface area contributed by atoms with Gasteiger partial charge in [0.05, 0.1) is 6.54 Å². The minimum absolute atomic E-state index is 0.0413. The molecule has 56 valence electrons. The number of amides is 1. The Bertz CT molecular complexity index is 157. The molecule has 0 bridgehead atoms. The van der Waals surface area contributed by atoms with E-state index in [1.165, 1.54) is 0 Å². The molecule has 0 aromatic rings. The molecular formula is C7H10BrNO. The van der Waals surface area contributed by atoms with Crippen LogP contribution in [0.15, 0.2) is 0 Å². The highest BCUT2D eigenvalue weighted by molar-refractivity contribution is 9.09. The maximum atomic E-state index is 10.7. The molecule has 0 unspecified atom stereocenters. The number of rotatable bonds is 3. The van der Waals surface area contributed by atoms with Gasteiger partial charge < -0.3 is 5.32 Å². The second kappa shape index (κ2) is 6.63. The summed E-state index contributed by atoms with van der Waals surface area (Å²) in [5.41, 5.74) is 0. The molecule has 0 fully saturated rings. The van der Waals surface area contributed by atoms with E-state index >= 15 is 0 Å². The van der Waals surface area contributed by atoms with Gasteiger partial charge in [-0.25, -0.2) is 0 Å². The van der Waals surface area contributed by atoms with Crippen LogP contribution in [0.5, 0.6) is 0 Å². The minimum Gasteiger partial charge on any atom is -0.345 e. The molecule has 2 nitrogen and oxygen atoms in total. The van der Waals surface area contributed by atoms with Crippen molar-refractivity contribution in [1.29, 1.82) is 0 Å². The smallest absolute Gasteiger partial charge is 0.221 e. The minimum atomic E-state index is 0.0413. The quantitative estimate of drug-likeness (QED) is 0.537. The van der Waals surface area contributed by atoms with Crippen molar-refractivity contribution in [3.63, 3.8) is 0 Å². The van der Waals surface area contributed by atoms with Crippen molar-refractivity contribution < 1.29 is 4.79 Å². The van der Waals surface area contributed by atoms with Crippen molar-refractivity contribution in [3.05, 3.63) is 0 Å². The number of carbonyl (C=O) groups is 1. The molecule has 1 N–H and O–H groups in total. The fourth-order valence-corrected chi connectivity index (χ4v) is 0.765. The van der Waals surface area contributed by atoms with Crippen molar-refractivity contribution in [2.45, 2.75) is 13.3 Å². The number of halogens is 1. The lowest BCUT2D eigenvalue weighted by molar-refractivity contribution is -0.120. The van der Waals surface area contributed by atoms with Crippen LogP contribution in [0, 0.1) is 11.8 Å². The third-order valence-corrected chi connectivity index (χ3v) is 1.27. The molecule has 3 heteroatoms. The van der Waals surface area contributed by atoms with Crippen LogP contribution >= 0.6 is 15.9 Å². The average Bonchev–Trinajstić information content (AvgIpc) is 1.89. The van der Waals surface area contributed by atoms with E-state index in [2.05, 4.69) is 33.1 Å². The third-order valence-electron chi connectivity index (χ3n) is 0.872. The van der Waals surface area contributed by atoms with E-state index in [4.69, 9.17) is 0 Å². The number of hydrogen-bond acceptors (Lipinski definition) is 1. The Morgan fingerprint density at radius 1 is 1.70 bits per heavy atom. The summed E-state index contributed by atoms with van der Waals surface area (Å²) in [7, 11) is 0. The summed E-state index contributed by atoms with van der Waals surface area (Å²) in [6, 6.07) is 0. The van der Waals surface area contributed by atoms with Gasteiger partial charge in [0.25, 0.3) is 0 Å². The van der Waals surface area contributed by atoms with Gasteiger partial charge in [-0.05, 0) is 6.92 Å². The van der Waals surface area contributed by atoms with Crippen LogP contribution in [0.4, 0.5) is 0 Å². The molecule has 0 radical (unpaired) electrons. The molecule has 0 aliphatic carbocycles. The first-order valence-electron chi connectivity index (χ1n) is 3.03. The van der Waals surface area contributed by atoms with Crippen molar-refractivity contribution >= 4 is 21.8 Å². The van der Waals surface area contributed by atoms with E-state index in [9.17, 15) is 4.79 Å². The zero-order chi connectivity index (χ0) is 7.82. The number of carbonyl (C=O) groups excluding carboxylic acids is 1. The lowest BCUT2D eigenvalue weighted by Crippen LogP contribution is -2.23. The van der Waals surface area contributed by atoms with Gasteiger partial charge in [0, 0.05) is 11.8 Å². The van der Waals surface area contributed by atoms with Gasteiger partial charge in [0.2, 0.25) is 5.91 Å². The van der Waals surface area contributed by atoms with Crippen molar-refractivity contribution in [2.75, 3.05) is 11.9 Å². The Labute approximate surface area is 69.5 Å². The molecule has 0 spiro atoms. The normalized spacial score (nSPS) is 7.80. The number of hydrogen-bond donors (Lipinski definition) is 1. The molecule has 0 aliphatic heterocycles. The summed E-state index contributed by atoms with van der Waals surface area (Å²) in [4.78, 5) is 10.7. The Morgan fingerprint density at radius 3 is 2.90 bits per heavy atom. The van der Waals surface area contributed by atoms with E-state index in [0.717, 1.165) is 0 Å². The summed E-state index contributed by atoms with van der Waals surface area (Å²) in [6.45, 7) is 2.21. The fourth-order valence-electron chi connectivity index (χ4n) is 0.405. The monoisotopic (exact) mass is 203 g/mol. The number of nitrogens with one attached hydrogen (secondary N) is 1. The zero-order valence-electron chi connectivity index (χ0n) is 5.91. The molecule has 0 aromatic carbocycles. The van der Waals surface area contributed by atoms with Crippen LogP contribution in [0.2, 0.25) is 0 Å². The zero-order valence-corrected chi connectivity index (χ0v) is 7.49. The van der Waals surface area contributed by atoms with Gasteiger partial charge in [-0.3, -0.25) is 4.79 Å². The van der Waals surface area contributed by atoms with Gasteiger partial charge in [-0.15, -0.1) is 5.92 Å². The first kappa shape index (κ1) is 9.51. The van der Waals surface area contributed by atoms with Gasteiger partial charge in [-0.1, -0.05) is 21.9 Å². The number of alkyl halides is 1. The molecule has 0 saturated heterocycles. The first-order valence-corrected chi connectivity index (χ1v) is 4.15. The second-order valence-electron chi connectivity index (χ2n) is 1.64. The largest absolute Gasteiger partial charge is 0.345 e. The van der Waals surface area contributed by atoms with Gasteiger partial charge >= 0.3 is 0 Å². The Balaban J connectivity index is 3.27. The van der Waals surface area contributed by atoms with E-state index in [1.54, 1.807) is 6.92 Å². The highest BCUT2D eigenvalue weighted by Crippen LogP contribution is 1.85. The van der Waals surface area contributed by atoms with Crippen molar-refractivity contribution in [3.8, 4) is 11.8 Å². The summed E-state index contributed by atoms with van der Waals surface area (Å²) < 4.78 is 0. The van der Waals surface area contributed by atoms with E-state index < -0.39 is 0 Å². The second-order valence-corrected chi connectivity index (χ2v) is 2.44. The van der Waals surface area contributed by atoms with Crippen LogP contribution in [-0.4, -0.2) is 17.8 Å². The molecule has 0 aromatic heterocycles. The van der Waals surface area contributed by atoms with Gasteiger partial charge in [0.15, 0.2) is 0 Å². The third kappa shape index (κ3) is 5.64. The molecule has 10 heavy (non-hydrogen) atoms. The predicted molar refractivity (Wildman–Crippen MR) is 44.9 cm³/mol. The average molecular weight is 204 g/mol. The van der Waals surface area contributed by atoms with Crippen LogP contribution < -0.4 is 5.32 Å². The summed E-state index contributed by atoms with van der Waals surface area (Å²) in [5.74, 6) is 5.47. The van der Waals surface area contributed by atoms with E-state index in [0.29, 0.717) is 18.3 Å². The maximum absolute atomic E-state index is 10.7. The molecule has 0 saturated carbocycles. The predicted octanol–water partition coefficient (Wildman–Crippen LogP) is 0.911. The van der Waals surface area contributed by atoms with E-state index in [1.807, 2.05) is 0 Å². The Hall–Kier alpha value is -0.490. The molecule has 1 amide bonds. The van der Waals surface area contributed by atoms with E-state index in [-0.39, 0.29) is 5.91 Å². The van der Waals surface area contributed by atoms with Crippen LogP contribution in [0.25, 0.3) is 0 Å². The molecule has 0 aliphatic rings.